The molecule has 4 heterocycles. The molecule has 2 aliphatic rings. The first-order valence-corrected chi connectivity index (χ1v) is 11.2. The molecule has 0 saturated carbocycles. The fourth-order valence-electron chi connectivity index (χ4n) is 4.66. The highest BCUT2D eigenvalue weighted by atomic mass is 19.1. The van der Waals surface area contributed by atoms with Crippen LogP contribution in [0.2, 0.25) is 0 Å². The molecule has 5 rings (SSSR count). The van der Waals surface area contributed by atoms with E-state index in [0.717, 1.165) is 67.2 Å². The molecule has 7 nitrogen and oxygen atoms in total. The highest BCUT2D eigenvalue weighted by Crippen LogP contribution is 2.30. The second kappa shape index (κ2) is 8.60. The van der Waals surface area contributed by atoms with Crippen LogP contribution in [-0.4, -0.2) is 65.5 Å². The molecule has 2 saturated heterocycles. The monoisotopic (exact) mass is 436 g/mol. The van der Waals surface area contributed by atoms with Gasteiger partial charge in [0, 0.05) is 48.7 Å². The lowest BCUT2D eigenvalue weighted by atomic mass is 10.1. The fraction of sp³-hybridized carbons (Fsp3) is 0.458. The number of anilines is 2. The van der Waals surface area contributed by atoms with E-state index in [-0.39, 0.29) is 11.9 Å². The van der Waals surface area contributed by atoms with Crippen LogP contribution in [0.5, 0.6) is 0 Å². The Morgan fingerprint density at radius 3 is 2.84 bits per heavy atom. The lowest BCUT2D eigenvalue weighted by Gasteiger charge is -2.44. The second-order valence-corrected chi connectivity index (χ2v) is 8.82. The smallest absolute Gasteiger partial charge is 0.157 e. The molecule has 0 bridgehead atoms. The van der Waals surface area contributed by atoms with Crippen molar-refractivity contribution in [2.75, 3.05) is 49.6 Å². The van der Waals surface area contributed by atoms with E-state index in [1.54, 1.807) is 6.07 Å². The van der Waals surface area contributed by atoms with E-state index in [9.17, 15) is 4.39 Å². The number of aromatic nitrogens is 3. The van der Waals surface area contributed by atoms with Crippen molar-refractivity contribution in [3.63, 3.8) is 0 Å². The van der Waals surface area contributed by atoms with Gasteiger partial charge in [-0.25, -0.2) is 9.37 Å². The Bertz CT molecular complexity index is 1140. The topological polar surface area (TPSA) is 66.4 Å². The molecular weight excluding hydrogens is 407 g/mol. The van der Waals surface area contributed by atoms with Crippen LogP contribution >= 0.6 is 0 Å². The Balaban J connectivity index is 1.45. The van der Waals surface area contributed by atoms with Crippen LogP contribution in [0.1, 0.15) is 29.8 Å². The van der Waals surface area contributed by atoms with Gasteiger partial charge in [-0.1, -0.05) is 12.1 Å². The van der Waals surface area contributed by atoms with Gasteiger partial charge in [-0.15, -0.1) is 5.10 Å². The normalized spacial score (nSPS) is 20.2. The van der Waals surface area contributed by atoms with Crippen LogP contribution in [0.15, 0.2) is 30.5 Å². The number of piperazine rings is 1. The molecule has 0 radical (unpaired) electrons. The summed E-state index contributed by atoms with van der Waals surface area (Å²) in [5.41, 5.74) is 2.33. The number of aryl methyl sites for hydroxylation is 2. The van der Waals surface area contributed by atoms with Crippen molar-refractivity contribution in [1.82, 2.24) is 20.1 Å². The summed E-state index contributed by atoms with van der Waals surface area (Å²) >= 11 is 0. The number of rotatable bonds is 4. The van der Waals surface area contributed by atoms with Crippen molar-refractivity contribution in [3.05, 3.63) is 53.1 Å². The lowest BCUT2D eigenvalue weighted by Crippen LogP contribution is -2.58. The van der Waals surface area contributed by atoms with E-state index < -0.39 is 0 Å². The Morgan fingerprint density at radius 1 is 1.12 bits per heavy atom. The van der Waals surface area contributed by atoms with Crippen LogP contribution in [-0.2, 0) is 4.74 Å². The number of hydrogen-bond acceptors (Lipinski definition) is 7. The molecule has 1 N–H and O–H groups in total. The van der Waals surface area contributed by atoms with Crippen molar-refractivity contribution >= 4 is 22.4 Å². The van der Waals surface area contributed by atoms with Crippen LogP contribution in [0.3, 0.4) is 0 Å². The van der Waals surface area contributed by atoms with E-state index in [1.165, 1.54) is 0 Å². The summed E-state index contributed by atoms with van der Waals surface area (Å²) in [7, 11) is 0. The number of hydrogen-bond donors (Lipinski definition) is 1. The predicted octanol–water partition coefficient (Wildman–Crippen LogP) is 3.47. The van der Waals surface area contributed by atoms with Gasteiger partial charge in [0.15, 0.2) is 5.82 Å². The quantitative estimate of drug-likeness (QED) is 0.672. The Hall–Kier alpha value is -2.84. The first kappa shape index (κ1) is 21.0. The molecule has 2 fully saturated rings. The van der Waals surface area contributed by atoms with E-state index in [4.69, 9.17) is 9.72 Å². The maximum atomic E-state index is 14.5. The third-order valence-electron chi connectivity index (χ3n) is 6.57. The molecule has 8 heteroatoms. The van der Waals surface area contributed by atoms with Crippen LogP contribution in [0.25, 0.3) is 10.8 Å². The summed E-state index contributed by atoms with van der Waals surface area (Å²) in [5.74, 6) is 1.35. The van der Waals surface area contributed by atoms with Gasteiger partial charge in [0.25, 0.3) is 0 Å². The van der Waals surface area contributed by atoms with Crippen molar-refractivity contribution in [2.24, 2.45) is 0 Å². The summed E-state index contributed by atoms with van der Waals surface area (Å²) in [6.07, 6.45) is 1.88. The zero-order valence-electron chi connectivity index (χ0n) is 18.8. The minimum absolute atomic E-state index is 0.218. The van der Waals surface area contributed by atoms with Crippen molar-refractivity contribution in [2.45, 2.75) is 32.9 Å². The van der Waals surface area contributed by atoms with Gasteiger partial charge in [0.1, 0.15) is 11.6 Å². The molecule has 168 valence electrons. The average molecular weight is 437 g/mol. The zero-order chi connectivity index (χ0) is 22.2. The molecule has 0 unspecified atom stereocenters. The highest BCUT2D eigenvalue weighted by molar-refractivity contribution is 5.94. The number of halogens is 1. The first-order chi connectivity index (χ1) is 15.5. The molecule has 2 atom stereocenters. The zero-order valence-corrected chi connectivity index (χ0v) is 18.8. The molecule has 2 aliphatic heterocycles. The minimum atomic E-state index is -0.254. The lowest BCUT2D eigenvalue weighted by molar-refractivity contribution is -0.0117. The summed E-state index contributed by atoms with van der Waals surface area (Å²) in [4.78, 5) is 9.56. The molecule has 32 heavy (non-hydrogen) atoms. The fourth-order valence-corrected chi connectivity index (χ4v) is 4.66. The standard InChI is InChI=1S/C24H29FN6O/c1-15-4-5-19(22(25)10-15)16(2)27-24-20-11-23(26-12-21(20)17(3)28-29-24)31-7-6-30-8-9-32-14-18(30)13-31/h4-5,10-12,16,18H,6-9,13-14H2,1-3H3,(H,27,29)/t16-,18+/m1/s1. The number of fused-ring (bicyclic) bond motifs is 2. The predicted molar refractivity (Wildman–Crippen MR) is 124 cm³/mol. The van der Waals surface area contributed by atoms with Crippen molar-refractivity contribution in [1.29, 1.82) is 0 Å². The molecule has 0 amide bonds. The van der Waals surface area contributed by atoms with E-state index >= 15 is 0 Å². The highest BCUT2D eigenvalue weighted by Gasteiger charge is 2.30. The maximum absolute atomic E-state index is 14.5. The molecule has 0 aliphatic carbocycles. The summed E-state index contributed by atoms with van der Waals surface area (Å²) in [6.45, 7) is 11.2. The summed E-state index contributed by atoms with van der Waals surface area (Å²) in [5, 5.41) is 14.0. The molecule has 2 aromatic heterocycles. The third kappa shape index (κ3) is 4.00. The Labute approximate surface area is 187 Å². The number of pyridine rings is 1. The third-order valence-corrected chi connectivity index (χ3v) is 6.57. The number of ether oxygens (including phenoxy) is 1. The van der Waals surface area contributed by atoms with Gasteiger partial charge < -0.3 is 15.0 Å². The summed E-state index contributed by atoms with van der Waals surface area (Å²) in [6, 6.07) is 7.53. The number of morpholine rings is 1. The van der Waals surface area contributed by atoms with E-state index in [0.29, 0.717) is 17.4 Å². The van der Waals surface area contributed by atoms with Crippen molar-refractivity contribution in [3.8, 4) is 0 Å². The molecule has 1 aromatic carbocycles. The Kier molecular flexibility index (Phi) is 5.65. The van der Waals surface area contributed by atoms with Gasteiger partial charge in [-0.3, -0.25) is 4.90 Å². The second-order valence-electron chi connectivity index (χ2n) is 8.82. The van der Waals surface area contributed by atoms with E-state index in [1.807, 2.05) is 39.1 Å². The van der Waals surface area contributed by atoms with Gasteiger partial charge in [0.2, 0.25) is 0 Å². The maximum Gasteiger partial charge on any atom is 0.157 e. The van der Waals surface area contributed by atoms with Crippen LogP contribution in [0.4, 0.5) is 16.0 Å². The summed E-state index contributed by atoms with van der Waals surface area (Å²) < 4.78 is 20.2. The number of benzene rings is 1. The minimum Gasteiger partial charge on any atom is -0.378 e. The Morgan fingerprint density at radius 2 is 2.00 bits per heavy atom. The van der Waals surface area contributed by atoms with Gasteiger partial charge in [0.05, 0.1) is 31.0 Å². The number of nitrogens with one attached hydrogen (secondary N) is 1. The van der Waals surface area contributed by atoms with Crippen molar-refractivity contribution < 1.29 is 9.13 Å². The van der Waals surface area contributed by atoms with Crippen LogP contribution < -0.4 is 10.2 Å². The largest absolute Gasteiger partial charge is 0.378 e. The van der Waals surface area contributed by atoms with E-state index in [2.05, 4.69) is 31.4 Å². The molecule has 0 spiro atoms. The van der Waals surface area contributed by atoms with Gasteiger partial charge in [-0.2, -0.15) is 5.10 Å². The van der Waals surface area contributed by atoms with Crippen LogP contribution in [0, 0.1) is 19.7 Å². The molecular formula is C24H29FN6O. The average Bonchev–Trinajstić information content (AvgIpc) is 2.80. The SMILES string of the molecule is Cc1ccc([C@@H](C)Nc2nnc(C)c3cnc(N4CCN5CCOC[C@@H]5C4)cc23)c(F)c1. The van der Waals surface area contributed by atoms with Gasteiger partial charge >= 0.3 is 0 Å². The molecule has 3 aromatic rings. The van der Waals surface area contributed by atoms with Gasteiger partial charge in [-0.05, 0) is 38.5 Å². The number of nitrogens with zero attached hydrogens (tertiary/aromatic N) is 5. The first-order valence-electron chi connectivity index (χ1n) is 11.2.